The Kier molecular flexibility index (Phi) is 8.42. The molecular weight excluding hydrogens is 270 g/mol. The first-order valence-corrected chi connectivity index (χ1v) is 8.81. The molecule has 0 saturated heterocycles. The Morgan fingerprint density at radius 2 is 2.00 bits per heavy atom. The van der Waals surface area contributed by atoms with Gasteiger partial charge in [-0.1, -0.05) is 11.8 Å². The molecular formula is C12H23NO5S. The molecule has 0 amide bonds. The van der Waals surface area contributed by atoms with Gasteiger partial charge in [0.25, 0.3) is 0 Å². The van der Waals surface area contributed by atoms with E-state index in [0.29, 0.717) is 18.8 Å². The third kappa shape index (κ3) is 10.5. The van der Waals surface area contributed by atoms with E-state index in [1.54, 1.807) is 12.5 Å². The molecule has 0 N–H and O–H groups in total. The number of ether oxygens (including phenoxy) is 2. The van der Waals surface area contributed by atoms with Crippen LogP contribution in [0, 0.1) is 4.91 Å². The second kappa shape index (κ2) is 8.92. The van der Waals surface area contributed by atoms with Crippen LogP contribution in [0.15, 0.2) is 17.3 Å². The molecule has 0 aromatic carbocycles. The van der Waals surface area contributed by atoms with Crippen LogP contribution in [0.4, 0.5) is 0 Å². The number of esters is 1. The van der Waals surface area contributed by atoms with E-state index < -0.39 is 21.9 Å². The van der Waals surface area contributed by atoms with Crippen LogP contribution in [0.2, 0.25) is 0 Å². The lowest BCUT2D eigenvalue weighted by Crippen LogP contribution is -2.23. The number of carbonyl (C=O) groups is 1. The van der Waals surface area contributed by atoms with Crippen LogP contribution in [0.5, 0.6) is 0 Å². The van der Waals surface area contributed by atoms with Gasteiger partial charge in [0.1, 0.15) is 12.6 Å². The molecule has 0 aliphatic heterocycles. The quantitative estimate of drug-likeness (QED) is 0.213. The van der Waals surface area contributed by atoms with Gasteiger partial charge < -0.3 is 9.47 Å². The molecule has 1 unspecified atom stereocenters. The first kappa shape index (κ1) is 17.9. The Bertz CT molecular complexity index is 363. The Morgan fingerprint density at radius 3 is 2.47 bits per heavy atom. The van der Waals surface area contributed by atoms with Gasteiger partial charge in [-0.05, 0) is 25.9 Å². The smallest absolute Gasteiger partial charge is 0.333 e. The molecule has 0 rings (SSSR count). The number of hydrogen-bond donors (Lipinski definition) is 1. The molecule has 19 heavy (non-hydrogen) atoms. The van der Waals surface area contributed by atoms with Crippen molar-refractivity contribution in [1.82, 2.24) is 0 Å². The lowest BCUT2D eigenvalue weighted by atomic mass is 10.3. The standard InChI is InChI=1S/C12H23NO5S/c1-10(2)12(14)18-9-11(13-15)8-17-6-5-7-19(3,4)16/h11,19H,1,5-9H2,2-4H3. The molecule has 112 valence electrons. The van der Waals surface area contributed by atoms with Gasteiger partial charge >= 0.3 is 5.97 Å². The zero-order valence-corrected chi connectivity index (χ0v) is 12.7. The zero-order chi connectivity index (χ0) is 14.9. The Labute approximate surface area is 114 Å². The molecule has 0 aromatic rings. The van der Waals surface area contributed by atoms with Crippen molar-refractivity contribution in [3.8, 4) is 0 Å². The van der Waals surface area contributed by atoms with E-state index in [1.807, 2.05) is 0 Å². The third-order valence-electron chi connectivity index (χ3n) is 2.20. The van der Waals surface area contributed by atoms with Crippen LogP contribution in [-0.4, -0.2) is 54.3 Å². The second-order valence-corrected chi connectivity index (χ2v) is 8.46. The van der Waals surface area contributed by atoms with E-state index in [9.17, 15) is 13.9 Å². The van der Waals surface area contributed by atoms with E-state index in [4.69, 9.17) is 9.47 Å². The molecule has 0 saturated carbocycles. The summed E-state index contributed by atoms with van der Waals surface area (Å²) < 4.78 is 21.5. The van der Waals surface area contributed by atoms with Gasteiger partial charge in [-0.2, -0.15) is 4.91 Å². The highest BCUT2D eigenvalue weighted by Crippen LogP contribution is 2.00. The number of nitroso groups, excluding NO2 is 1. The highest BCUT2D eigenvalue weighted by Gasteiger charge is 2.13. The fraction of sp³-hybridized carbons (Fsp3) is 0.750. The first-order valence-electron chi connectivity index (χ1n) is 6.03. The molecule has 0 radical (unpaired) electrons. The molecule has 0 aromatic heterocycles. The predicted molar refractivity (Wildman–Crippen MR) is 77.0 cm³/mol. The highest BCUT2D eigenvalue weighted by atomic mass is 32.2. The number of nitrogens with zero attached hydrogens (tertiary/aromatic N) is 1. The Hall–Kier alpha value is -1.08. The van der Waals surface area contributed by atoms with Crippen molar-refractivity contribution < 1.29 is 18.5 Å². The maximum Gasteiger partial charge on any atom is 0.333 e. The number of hydrogen-bond acceptors (Lipinski definition) is 6. The summed E-state index contributed by atoms with van der Waals surface area (Å²) in [5.41, 5.74) is 0.271. The maximum atomic E-state index is 11.4. The summed E-state index contributed by atoms with van der Waals surface area (Å²) in [6.07, 6.45) is 4.11. The lowest BCUT2D eigenvalue weighted by molar-refractivity contribution is -0.139. The van der Waals surface area contributed by atoms with Crippen molar-refractivity contribution >= 4 is 15.9 Å². The maximum absolute atomic E-state index is 11.4. The molecule has 0 bridgehead atoms. The summed E-state index contributed by atoms with van der Waals surface area (Å²) in [4.78, 5) is 21.6. The van der Waals surface area contributed by atoms with E-state index >= 15 is 0 Å². The molecule has 1 atom stereocenters. The molecule has 0 heterocycles. The molecule has 7 heteroatoms. The van der Waals surface area contributed by atoms with Crippen molar-refractivity contribution in [3.05, 3.63) is 17.1 Å². The predicted octanol–water partition coefficient (Wildman–Crippen LogP) is 0.924. The van der Waals surface area contributed by atoms with Gasteiger partial charge in [0.05, 0.1) is 6.61 Å². The summed E-state index contributed by atoms with van der Waals surface area (Å²) in [6, 6.07) is -0.724. The van der Waals surface area contributed by atoms with Crippen molar-refractivity contribution in [2.75, 3.05) is 38.1 Å². The van der Waals surface area contributed by atoms with Crippen LogP contribution in [-0.2, 0) is 24.2 Å². The SMILES string of the molecule is C=C(C)C(=O)OCC(COCCC[SH](C)(C)=O)N=O. The minimum atomic E-state index is -2.02. The Balaban J connectivity index is 3.77. The number of thiol groups is 1. The second-order valence-electron chi connectivity index (χ2n) is 4.86. The van der Waals surface area contributed by atoms with Gasteiger partial charge in [0.2, 0.25) is 0 Å². The van der Waals surface area contributed by atoms with Gasteiger partial charge in [-0.15, -0.1) is 9.93 Å². The minimum Gasteiger partial charge on any atom is -0.460 e. The molecule has 6 nitrogen and oxygen atoms in total. The van der Waals surface area contributed by atoms with E-state index in [0.717, 1.165) is 0 Å². The van der Waals surface area contributed by atoms with E-state index in [-0.39, 0.29) is 18.8 Å². The molecule has 0 spiro atoms. The summed E-state index contributed by atoms with van der Waals surface area (Å²) >= 11 is 0. The fourth-order valence-corrected chi connectivity index (χ4v) is 2.06. The van der Waals surface area contributed by atoms with Crippen molar-refractivity contribution in [3.63, 3.8) is 0 Å². The van der Waals surface area contributed by atoms with E-state index in [1.165, 1.54) is 6.92 Å². The van der Waals surface area contributed by atoms with Crippen LogP contribution in [0.1, 0.15) is 13.3 Å². The fourth-order valence-electron chi connectivity index (χ4n) is 1.17. The van der Waals surface area contributed by atoms with Gasteiger partial charge in [-0.3, -0.25) is 4.21 Å². The van der Waals surface area contributed by atoms with Crippen LogP contribution < -0.4 is 0 Å². The van der Waals surface area contributed by atoms with Crippen molar-refractivity contribution in [2.24, 2.45) is 5.18 Å². The summed E-state index contributed by atoms with van der Waals surface area (Å²) in [6.45, 7) is 5.33. The topological polar surface area (TPSA) is 82.0 Å². The van der Waals surface area contributed by atoms with Gasteiger partial charge in [0, 0.05) is 17.9 Å². The summed E-state index contributed by atoms with van der Waals surface area (Å²) in [7, 11) is -2.02. The van der Waals surface area contributed by atoms with E-state index in [2.05, 4.69) is 11.8 Å². The number of rotatable bonds is 10. The van der Waals surface area contributed by atoms with Gasteiger partial charge in [-0.25, -0.2) is 4.79 Å². The highest BCUT2D eigenvalue weighted by molar-refractivity contribution is 8.01. The Morgan fingerprint density at radius 1 is 1.37 bits per heavy atom. The average Bonchev–Trinajstić information content (AvgIpc) is 2.30. The van der Waals surface area contributed by atoms with Gasteiger partial charge in [0.15, 0.2) is 0 Å². The average molecular weight is 293 g/mol. The van der Waals surface area contributed by atoms with Crippen molar-refractivity contribution in [2.45, 2.75) is 19.4 Å². The summed E-state index contributed by atoms with van der Waals surface area (Å²) in [5.74, 6) is 0.0585. The molecule has 0 aliphatic carbocycles. The monoisotopic (exact) mass is 293 g/mol. The normalized spacial score (nSPS) is 13.6. The third-order valence-corrected chi connectivity index (χ3v) is 3.59. The zero-order valence-electron chi connectivity index (χ0n) is 11.8. The van der Waals surface area contributed by atoms with Crippen LogP contribution in [0.3, 0.4) is 0 Å². The summed E-state index contributed by atoms with van der Waals surface area (Å²) in [5, 5.41) is 2.83. The van der Waals surface area contributed by atoms with Crippen LogP contribution in [0.25, 0.3) is 0 Å². The van der Waals surface area contributed by atoms with Crippen LogP contribution >= 0.6 is 0 Å². The van der Waals surface area contributed by atoms with Crippen molar-refractivity contribution in [1.29, 1.82) is 0 Å². The first-order chi connectivity index (χ1) is 8.76. The largest absolute Gasteiger partial charge is 0.460 e. The lowest BCUT2D eigenvalue weighted by Gasteiger charge is -2.13. The number of carbonyl (C=O) groups excluding carboxylic acids is 1. The molecule has 0 aliphatic rings. The minimum absolute atomic E-state index is 0.0880. The molecule has 0 fully saturated rings.